The Morgan fingerprint density at radius 3 is 1.33 bits per heavy atom. The van der Waals surface area contributed by atoms with Crippen molar-refractivity contribution in [1.82, 2.24) is 10.6 Å². The van der Waals surface area contributed by atoms with E-state index in [1.54, 1.807) is 12.1 Å². The molecule has 0 saturated carbocycles. The molecule has 234 valence electrons. The highest BCUT2D eigenvalue weighted by Gasteiger charge is 2.20. The van der Waals surface area contributed by atoms with E-state index in [4.69, 9.17) is 0 Å². The van der Waals surface area contributed by atoms with Gasteiger partial charge in [-0.1, -0.05) is 66.2 Å². The summed E-state index contributed by atoms with van der Waals surface area (Å²) in [5.41, 5.74) is 1.65. The number of carbonyl (C=O) groups excluding carboxylic acids is 2. The van der Waals surface area contributed by atoms with E-state index in [0.29, 0.717) is 37.1 Å². The van der Waals surface area contributed by atoms with E-state index in [1.165, 1.54) is 12.1 Å². The SMILES string of the molecule is CCCCCC(CC)C(=O)NCCc1cc(O)c(O)c(-c2cc(CCNC(=O)C(CC)CCCCC)cc(O)c2O)c1. The molecule has 0 aliphatic heterocycles. The summed E-state index contributed by atoms with van der Waals surface area (Å²) in [5, 5.41) is 48.2. The van der Waals surface area contributed by atoms with Gasteiger partial charge in [0, 0.05) is 36.1 Å². The lowest BCUT2D eigenvalue weighted by Crippen LogP contribution is -2.32. The molecule has 2 aromatic rings. The Bertz CT molecular complexity index is 1060. The molecule has 0 spiro atoms. The number of hydrogen-bond donors (Lipinski definition) is 6. The Morgan fingerprint density at radius 2 is 1.00 bits per heavy atom. The van der Waals surface area contributed by atoms with Gasteiger partial charge >= 0.3 is 0 Å². The first kappa shape index (κ1) is 34.8. The van der Waals surface area contributed by atoms with Gasteiger partial charge in [-0.25, -0.2) is 0 Å². The highest BCUT2D eigenvalue weighted by Crippen LogP contribution is 2.45. The van der Waals surface area contributed by atoms with E-state index in [2.05, 4.69) is 24.5 Å². The summed E-state index contributed by atoms with van der Waals surface area (Å²) < 4.78 is 0. The first-order valence-corrected chi connectivity index (χ1v) is 15.8. The van der Waals surface area contributed by atoms with E-state index in [0.717, 1.165) is 64.2 Å². The van der Waals surface area contributed by atoms with Crippen molar-refractivity contribution in [2.24, 2.45) is 11.8 Å². The maximum absolute atomic E-state index is 12.6. The quantitative estimate of drug-likeness (QED) is 0.0802. The highest BCUT2D eigenvalue weighted by molar-refractivity contribution is 5.81. The molecule has 2 amide bonds. The van der Waals surface area contributed by atoms with Crippen LogP contribution in [0, 0.1) is 11.8 Å². The van der Waals surface area contributed by atoms with Crippen LogP contribution in [0.4, 0.5) is 0 Å². The van der Waals surface area contributed by atoms with Gasteiger partial charge in [0.15, 0.2) is 23.0 Å². The predicted octanol–water partition coefficient (Wildman–Crippen LogP) is 6.71. The fourth-order valence-electron chi connectivity index (χ4n) is 5.33. The zero-order chi connectivity index (χ0) is 31.1. The molecule has 0 saturated heterocycles. The van der Waals surface area contributed by atoms with Crippen molar-refractivity contribution < 1.29 is 30.0 Å². The van der Waals surface area contributed by atoms with Crippen molar-refractivity contribution in [1.29, 1.82) is 0 Å². The lowest BCUT2D eigenvalue weighted by molar-refractivity contribution is -0.126. The molecule has 0 aromatic heterocycles. The number of rotatable bonds is 19. The van der Waals surface area contributed by atoms with Gasteiger partial charge in [-0.2, -0.15) is 0 Å². The number of phenolic OH excluding ortho intramolecular Hbond substituents is 4. The van der Waals surface area contributed by atoms with E-state index < -0.39 is 11.5 Å². The number of unbranched alkanes of at least 4 members (excludes halogenated alkanes) is 4. The average Bonchev–Trinajstić information content (AvgIpc) is 2.97. The fourth-order valence-corrected chi connectivity index (χ4v) is 5.33. The third-order valence-electron chi connectivity index (χ3n) is 8.05. The number of aromatic hydroxyl groups is 4. The fraction of sp³-hybridized carbons (Fsp3) is 0.588. The van der Waals surface area contributed by atoms with E-state index in [1.807, 2.05) is 13.8 Å². The maximum Gasteiger partial charge on any atom is 0.223 e. The zero-order valence-electron chi connectivity index (χ0n) is 26.0. The Labute approximate surface area is 251 Å². The topological polar surface area (TPSA) is 139 Å². The predicted molar refractivity (Wildman–Crippen MR) is 168 cm³/mol. The summed E-state index contributed by atoms with van der Waals surface area (Å²) in [5.74, 6) is -1.56. The van der Waals surface area contributed by atoms with Crippen LogP contribution in [-0.4, -0.2) is 45.3 Å². The van der Waals surface area contributed by atoms with Gasteiger partial charge < -0.3 is 31.1 Å². The van der Waals surface area contributed by atoms with E-state index in [9.17, 15) is 30.0 Å². The molecule has 6 N–H and O–H groups in total. The molecule has 8 heteroatoms. The summed E-state index contributed by atoms with van der Waals surface area (Å²) in [7, 11) is 0. The minimum Gasteiger partial charge on any atom is -0.504 e. The van der Waals surface area contributed by atoms with Gasteiger partial charge in [-0.05, 0) is 73.9 Å². The van der Waals surface area contributed by atoms with Crippen molar-refractivity contribution in [3.8, 4) is 34.1 Å². The standard InChI is InChI=1S/C34H52N2O6/c1-5-9-11-13-25(7-3)33(41)35-17-15-23-19-27(31(39)29(37)21-23)28-20-24(22-30(38)32(28)40)16-18-36-34(42)26(8-4)14-12-10-6-2/h19-22,25-26,37-40H,5-18H2,1-4H3,(H,35,41)(H,36,42). The van der Waals surface area contributed by atoms with Gasteiger partial charge in [-0.3, -0.25) is 9.59 Å². The van der Waals surface area contributed by atoms with Crippen LogP contribution in [0.3, 0.4) is 0 Å². The molecule has 42 heavy (non-hydrogen) atoms. The van der Waals surface area contributed by atoms with Crippen LogP contribution in [0.25, 0.3) is 11.1 Å². The molecular formula is C34H52N2O6. The maximum atomic E-state index is 12.6. The summed E-state index contributed by atoms with van der Waals surface area (Å²) in [6.45, 7) is 9.03. The summed E-state index contributed by atoms with van der Waals surface area (Å²) in [6.07, 6.45) is 10.6. The molecule has 0 heterocycles. The average molecular weight is 585 g/mol. The lowest BCUT2D eigenvalue weighted by Gasteiger charge is -2.17. The third kappa shape index (κ3) is 10.4. The molecule has 2 atom stereocenters. The van der Waals surface area contributed by atoms with Crippen LogP contribution in [0.15, 0.2) is 24.3 Å². The molecule has 0 bridgehead atoms. The van der Waals surface area contributed by atoms with Crippen molar-refractivity contribution in [3.63, 3.8) is 0 Å². The van der Waals surface area contributed by atoms with E-state index >= 15 is 0 Å². The van der Waals surface area contributed by atoms with Gasteiger partial charge in [0.25, 0.3) is 0 Å². The second-order valence-corrected chi connectivity index (χ2v) is 11.3. The van der Waals surface area contributed by atoms with Crippen LogP contribution in [0.1, 0.15) is 103 Å². The molecule has 0 aliphatic rings. The molecule has 2 aromatic carbocycles. The van der Waals surface area contributed by atoms with E-state index in [-0.39, 0.29) is 46.3 Å². The first-order chi connectivity index (χ1) is 20.2. The molecule has 0 radical (unpaired) electrons. The van der Waals surface area contributed by atoms with Crippen LogP contribution in [-0.2, 0) is 22.4 Å². The van der Waals surface area contributed by atoms with Gasteiger partial charge in [-0.15, -0.1) is 0 Å². The largest absolute Gasteiger partial charge is 0.504 e. The Morgan fingerprint density at radius 1 is 0.619 bits per heavy atom. The van der Waals surface area contributed by atoms with Crippen LogP contribution in [0.5, 0.6) is 23.0 Å². The van der Waals surface area contributed by atoms with Gasteiger partial charge in [0.2, 0.25) is 11.8 Å². The monoisotopic (exact) mass is 584 g/mol. The van der Waals surface area contributed by atoms with Crippen LogP contribution in [0.2, 0.25) is 0 Å². The normalized spacial score (nSPS) is 12.6. The minimum atomic E-state index is -0.414. The molecule has 2 unspecified atom stereocenters. The van der Waals surface area contributed by atoms with Crippen molar-refractivity contribution >= 4 is 11.8 Å². The number of amides is 2. The summed E-state index contributed by atoms with van der Waals surface area (Å²) in [6, 6.07) is 6.15. The molecular weight excluding hydrogens is 532 g/mol. The number of benzene rings is 2. The Balaban J connectivity index is 2.12. The minimum absolute atomic E-state index is 0.0189. The summed E-state index contributed by atoms with van der Waals surface area (Å²) in [4.78, 5) is 25.3. The molecule has 2 rings (SSSR count). The molecule has 8 nitrogen and oxygen atoms in total. The smallest absolute Gasteiger partial charge is 0.223 e. The third-order valence-corrected chi connectivity index (χ3v) is 8.05. The van der Waals surface area contributed by atoms with Crippen molar-refractivity contribution in [3.05, 3.63) is 35.4 Å². The van der Waals surface area contributed by atoms with Gasteiger partial charge in [0.1, 0.15) is 0 Å². The number of carbonyl (C=O) groups is 2. The first-order valence-electron chi connectivity index (χ1n) is 15.8. The zero-order valence-corrected chi connectivity index (χ0v) is 26.0. The van der Waals surface area contributed by atoms with Crippen LogP contribution < -0.4 is 10.6 Å². The molecule has 0 aliphatic carbocycles. The second kappa shape index (κ2) is 18.2. The van der Waals surface area contributed by atoms with Gasteiger partial charge in [0.05, 0.1) is 0 Å². The Kier molecular flexibility index (Phi) is 15.1. The number of nitrogens with one attached hydrogen (secondary N) is 2. The number of phenols is 4. The van der Waals surface area contributed by atoms with Crippen LogP contribution >= 0.6 is 0 Å². The van der Waals surface area contributed by atoms with Crippen molar-refractivity contribution in [2.45, 2.75) is 105 Å². The highest BCUT2D eigenvalue weighted by atomic mass is 16.3. The lowest BCUT2D eigenvalue weighted by atomic mass is 9.95. The molecule has 0 fully saturated rings. The Hall–Kier alpha value is -3.42. The number of hydrogen-bond acceptors (Lipinski definition) is 6. The second-order valence-electron chi connectivity index (χ2n) is 11.3. The van der Waals surface area contributed by atoms with Crippen molar-refractivity contribution in [2.75, 3.05) is 13.1 Å². The summed E-state index contributed by atoms with van der Waals surface area (Å²) >= 11 is 0.